The van der Waals surface area contributed by atoms with E-state index in [1.54, 1.807) is 36.7 Å². The van der Waals surface area contributed by atoms with Crippen LogP contribution in [0.4, 0.5) is 0 Å². The fourth-order valence-electron chi connectivity index (χ4n) is 3.29. The molecule has 0 spiro atoms. The second kappa shape index (κ2) is 9.40. The van der Waals surface area contributed by atoms with E-state index in [-0.39, 0.29) is 22.7 Å². The first-order valence-corrected chi connectivity index (χ1v) is 11.6. The number of nitrogens with zero attached hydrogens (tertiary/aromatic N) is 3. The summed E-state index contributed by atoms with van der Waals surface area (Å²) in [6.45, 7) is 0. The molecule has 31 heavy (non-hydrogen) atoms. The van der Waals surface area contributed by atoms with Gasteiger partial charge in [-0.05, 0) is 40.8 Å². The zero-order valence-electron chi connectivity index (χ0n) is 16.3. The number of carboxylic acid groups (broad SMARTS) is 1. The van der Waals surface area contributed by atoms with Gasteiger partial charge in [0.1, 0.15) is 16.8 Å². The maximum absolute atomic E-state index is 12.7. The third kappa shape index (κ3) is 4.52. The Morgan fingerprint density at radius 3 is 2.90 bits per heavy atom. The molecule has 2 N–H and O–H groups in total. The van der Waals surface area contributed by atoms with E-state index >= 15 is 0 Å². The standard InChI is InChI=1S/C22H19N3O4S2/c26-17-6-2-1-5-15(17)11-24-18-20(27)25-19(22(28)29)16(13-31-21(18)25)12-30-9-7-14-4-3-8-23-10-14/h1-11,18,21,26H,12-13H2,(H,28,29)/b9-7-,24-11?/t18?,21-/m0/s1. The van der Waals surface area contributed by atoms with Crippen LogP contribution in [0.5, 0.6) is 5.75 Å². The summed E-state index contributed by atoms with van der Waals surface area (Å²) in [6.07, 6.45) is 6.83. The molecule has 0 saturated carbocycles. The number of carboxylic acids is 1. The van der Waals surface area contributed by atoms with Crippen LogP contribution in [0.15, 0.2) is 70.5 Å². The van der Waals surface area contributed by atoms with E-state index in [0.717, 1.165) is 5.56 Å². The van der Waals surface area contributed by atoms with Gasteiger partial charge < -0.3 is 10.2 Å². The minimum absolute atomic E-state index is 0.0602. The highest BCUT2D eigenvalue weighted by atomic mass is 32.2. The number of pyridine rings is 1. The van der Waals surface area contributed by atoms with Gasteiger partial charge in [0.15, 0.2) is 6.04 Å². The molecule has 7 nitrogen and oxygen atoms in total. The number of aliphatic carboxylic acids is 1. The molecule has 0 aliphatic carbocycles. The van der Waals surface area contributed by atoms with Crippen LogP contribution in [0.1, 0.15) is 11.1 Å². The quantitative estimate of drug-likeness (QED) is 0.490. The Bertz CT molecular complexity index is 1090. The van der Waals surface area contributed by atoms with Gasteiger partial charge >= 0.3 is 5.97 Å². The largest absolute Gasteiger partial charge is 0.507 e. The van der Waals surface area contributed by atoms with Crippen LogP contribution in [0.2, 0.25) is 0 Å². The van der Waals surface area contributed by atoms with E-state index in [0.29, 0.717) is 22.6 Å². The molecule has 2 aromatic rings. The number of phenolic OH excluding ortho intramolecular Hbond substituents is 1. The van der Waals surface area contributed by atoms with Crippen molar-refractivity contribution in [1.82, 2.24) is 9.88 Å². The lowest BCUT2D eigenvalue weighted by Crippen LogP contribution is -2.64. The number of aromatic hydroxyl groups is 1. The summed E-state index contributed by atoms with van der Waals surface area (Å²) in [6, 6.07) is 9.84. The molecule has 1 aromatic heterocycles. The summed E-state index contributed by atoms with van der Waals surface area (Å²) in [5.41, 5.74) is 2.25. The first-order valence-electron chi connectivity index (χ1n) is 9.45. The summed E-state index contributed by atoms with van der Waals surface area (Å²) in [4.78, 5) is 34.3. The number of para-hydroxylation sites is 1. The molecule has 1 aromatic carbocycles. The Hall–Kier alpha value is -3.04. The fourth-order valence-corrected chi connectivity index (χ4v) is 5.54. The molecular weight excluding hydrogens is 434 g/mol. The second-order valence-corrected chi connectivity index (χ2v) is 8.85. The van der Waals surface area contributed by atoms with Crippen molar-refractivity contribution in [3.05, 3.63) is 76.6 Å². The number of rotatable bonds is 7. The fraction of sp³-hybridized carbons (Fsp3) is 0.182. The topological polar surface area (TPSA) is 103 Å². The van der Waals surface area contributed by atoms with Crippen molar-refractivity contribution in [3.63, 3.8) is 0 Å². The number of aliphatic imine (C=N–C) groups is 1. The Morgan fingerprint density at radius 2 is 2.16 bits per heavy atom. The summed E-state index contributed by atoms with van der Waals surface area (Å²) in [5.74, 6) is -0.362. The van der Waals surface area contributed by atoms with E-state index in [4.69, 9.17) is 0 Å². The van der Waals surface area contributed by atoms with Gasteiger partial charge in [0.25, 0.3) is 5.91 Å². The maximum atomic E-state index is 12.7. The van der Waals surface area contributed by atoms with Crippen LogP contribution in [0.25, 0.3) is 6.08 Å². The lowest BCUT2D eigenvalue weighted by atomic mass is 10.0. The van der Waals surface area contributed by atoms with E-state index in [1.807, 2.05) is 23.6 Å². The highest BCUT2D eigenvalue weighted by molar-refractivity contribution is 8.02. The number of hydrogen-bond donors (Lipinski definition) is 2. The molecule has 1 saturated heterocycles. The van der Waals surface area contributed by atoms with Crippen molar-refractivity contribution in [3.8, 4) is 5.75 Å². The molecule has 3 heterocycles. The molecule has 0 radical (unpaired) electrons. The van der Waals surface area contributed by atoms with Gasteiger partial charge in [-0.3, -0.25) is 19.7 Å². The van der Waals surface area contributed by atoms with Gasteiger partial charge in [0.05, 0.1) is 0 Å². The molecule has 2 aliphatic heterocycles. The SMILES string of the molecule is O=C(O)C1=C(CS/C=C\c2cccnc2)CS[C@H]2C(N=Cc3ccccc3O)C(=O)N12. The molecule has 158 valence electrons. The molecule has 9 heteroatoms. The number of fused-ring (bicyclic) bond motifs is 1. The van der Waals surface area contributed by atoms with Crippen molar-refractivity contribution in [2.45, 2.75) is 11.4 Å². The number of amides is 1. The van der Waals surface area contributed by atoms with Crippen LogP contribution >= 0.6 is 23.5 Å². The van der Waals surface area contributed by atoms with Crippen molar-refractivity contribution < 1.29 is 19.8 Å². The van der Waals surface area contributed by atoms with Crippen LogP contribution in [-0.4, -0.2) is 61.1 Å². The highest BCUT2D eigenvalue weighted by Crippen LogP contribution is 2.42. The van der Waals surface area contributed by atoms with Crippen LogP contribution in [-0.2, 0) is 9.59 Å². The van der Waals surface area contributed by atoms with E-state index in [1.165, 1.54) is 34.6 Å². The Labute approximate surface area is 187 Å². The number of β-lactam (4-membered cyclic amide) rings is 1. The predicted octanol–water partition coefficient (Wildman–Crippen LogP) is 3.23. The van der Waals surface area contributed by atoms with E-state index in [9.17, 15) is 19.8 Å². The average Bonchev–Trinajstić information content (AvgIpc) is 2.78. The smallest absolute Gasteiger partial charge is 0.352 e. The molecular formula is C22H19N3O4S2. The Kier molecular flexibility index (Phi) is 6.43. The lowest BCUT2D eigenvalue weighted by molar-refractivity contribution is -0.147. The van der Waals surface area contributed by atoms with Crippen molar-refractivity contribution >= 4 is 47.7 Å². The molecule has 1 amide bonds. The summed E-state index contributed by atoms with van der Waals surface area (Å²) >= 11 is 2.98. The number of aromatic nitrogens is 1. The summed E-state index contributed by atoms with van der Waals surface area (Å²) < 4.78 is 0. The molecule has 1 fully saturated rings. The molecule has 4 rings (SSSR count). The number of carbonyl (C=O) groups excluding carboxylic acids is 1. The minimum atomic E-state index is -1.10. The minimum Gasteiger partial charge on any atom is -0.507 e. The van der Waals surface area contributed by atoms with Crippen LogP contribution in [0, 0.1) is 0 Å². The summed E-state index contributed by atoms with van der Waals surface area (Å²) in [7, 11) is 0. The number of carbonyl (C=O) groups is 2. The number of benzene rings is 1. The molecule has 2 atom stereocenters. The number of phenols is 1. The predicted molar refractivity (Wildman–Crippen MR) is 123 cm³/mol. The molecule has 0 bridgehead atoms. The van der Waals surface area contributed by atoms with E-state index in [2.05, 4.69) is 9.98 Å². The zero-order valence-corrected chi connectivity index (χ0v) is 17.9. The number of hydrogen-bond acceptors (Lipinski definition) is 7. The van der Waals surface area contributed by atoms with Crippen LogP contribution in [0.3, 0.4) is 0 Å². The monoisotopic (exact) mass is 453 g/mol. The molecule has 2 aliphatic rings. The van der Waals surface area contributed by atoms with Gasteiger partial charge in [-0.2, -0.15) is 0 Å². The normalized spacial score (nSPS) is 20.9. The lowest BCUT2D eigenvalue weighted by Gasteiger charge is -2.47. The third-order valence-corrected chi connectivity index (χ3v) is 7.00. The van der Waals surface area contributed by atoms with Gasteiger partial charge in [0, 0.05) is 35.7 Å². The Morgan fingerprint density at radius 1 is 1.32 bits per heavy atom. The van der Waals surface area contributed by atoms with Crippen LogP contribution < -0.4 is 0 Å². The van der Waals surface area contributed by atoms with Gasteiger partial charge in [-0.25, -0.2) is 4.79 Å². The first kappa shape index (κ1) is 21.2. The first-order chi connectivity index (χ1) is 15.1. The van der Waals surface area contributed by atoms with Gasteiger partial charge in [0.2, 0.25) is 0 Å². The summed E-state index contributed by atoms with van der Waals surface area (Å²) in [5, 5.41) is 21.1. The van der Waals surface area contributed by atoms with Crippen molar-refractivity contribution in [2.24, 2.45) is 4.99 Å². The molecule has 1 unspecified atom stereocenters. The third-order valence-electron chi connectivity index (χ3n) is 4.83. The Balaban J connectivity index is 1.45. The van der Waals surface area contributed by atoms with Gasteiger partial charge in [-0.1, -0.05) is 18.2 Å². The van der Waals surface area contributed by atoms with E-state index < -0.39 is 12.0 Å². The highest BCUT2D eigenvalue weighted by Gasteiger charge is 2.53. The average molecular weight is 454 g/mol. The second-order valence-electron chi connectivity index (χ2n) is 6.85. The maximum Gasteiger partial charge on any atom is 0.352 e. The van der Waals surface area contributed by atoms with Crippen molar-refractivity contribution in [1.29, 1.82) is 0 Å². The zero-order chi connectivity index (χ0) is 21.8. The van der Waals surface area contributed by atoms with Crippen molar-refractivity contribution in [2.75, 3.05) is 11.5 Å². The number of thioether (sulfide) groups is 2. The van der Waals surface area contributed by atoms with Gasteiger partial charge in [-0.15, -0.1) is 23.5 Å².